The molecule has 0 radical (unpaired) electrons. The molecule has 4 heteroatoms. The summed E-state index contributed by atoms with van der Waals surface area (Å²) in [4.78, 5) is 9.65. The molecular formula is C14H17N3S. The van der Waals surface area contributed by atoms with E-state index >= 15 is 0 Å². The number of nitrogens with two attached hydrogens (primary N) is 1. The molecule has 0 bridgehead atoms. The van der Waals surface area contributed by atoms with Gasteiger partial charge in [-0.2, -0.15) is 0 Å². The first-order valence-electron chi connectivity index (χ1n) is 5.97. The number of hydrogen-bond acceptors (Lipinski definition) is 4. The predicted molar refractivity (Wildman–Crippen MR) is 76.4 cm³/mol. The summed E-state index contributed by atoms with van der Waals surface area (Å²) in [6, 6.07) is 10.4. The van der Waals surface area contributed by atoms with Gasteiger partial charge in [-0.25, -0.2) is 9.97 Å². The number of hydrogen-bond donors (Lipinski definition) is 1. The van der Waals surface area contributed by atoms with Gasteiger partial charge in [0, 0.05) is 22.3 Å². The van der Waals surface area contributed by atoms with Gasteiger partial charge in [-0.05, 0) is 18.2 Å². The van der Waals surface area contributed by atoms with E-state index in [9.17, 15) is 0 Å². The minimum atomic E-state index is 0.441. The molecule has 2 rings (SSSR count). The number of nitrogens with zero attached hydrogens (tertiary/aromatic N) is 2. The predicted octanol–water partition coefficient (Wildman–Crippen LogP) is 3.10. The van der Waals surface area contributed by atoms with Crippen LogP contribution in [0.4, 0.5) is 0 Å². The quantitative estimate of drug-likeness (QED) is 0.857. The van der Waals surface area contributed by atoms with Crippen molar-refractivity contribution < 1.29 is 0 Å². The van der Waals surface area contributed by atoms with Crippen LogP contribution in [0.15, 0.2) is 41.6 Å². The molecule has 18 heavy (non-hydrogen) atoms. The zero-order valence-electron chi connectivity index (χ0n) is 10.6. The Labute approximate surface area is 112 Å². The molecule has 0 amide bonds. The van der Waals surface area contributed by atoms with Gasteiger partial charge in [0.1, 0.15) is 6.33 Å². The van der Waals surface area contributed by atoms with Crippen LogP contribution in [0.2, 0.25) is 0 Å². The topological polar surface area (TPSA) is 51.8 Å². The molecule has 1 aromatic heterocycles. The molecule has 0 atom stereocenters. The highest BCUT2D eigenvalue weighted by atomic mass is 32.2. The van der Waals surface area contributed by atoms with E-state index < -0.39 is 0 Å². The Kier molecular flexibility index (Phi) is 4.33. The van der Waals surface area contributed by atoms with E-state index in [1.54, 1.807) is 6.33 Å². The van der Waals surface area contributed by atoms with Crippen molar-refractivity contribution in [3.63, 3.8) is 0 Å². The van der Waals surface area contributed by atoms with E-state index in [1.807, 2.05) is 17.8 Å². The fraction of sp³-hybridized carbons (Fsp3) is 0.286. The van der Waals surface area contributed by atoms with Gasteiger partial charge >= 0.3 is 0 Å². The van der Waals surface area contributed by atoms with Crippen LogP contribution < -0.4 is 5.73 Å². The van der Waals surface area contributed by atoms with Crippen LogP contribution in [0, 0.1) is 0 Å². The third-order valence-corrected chi connectivity index (χ3v) is 3.47. The van der Waals surface area contributed by atoms with Gasteiger partial charge < -0.3 is 5.73 Å². The summed E-state index contributed by atoms with van der Waals surface area (Å²) >= 11 is 1.86. The molecule has 2 N–H and O–H groups in total. The van der Waals surface area contributed by atoms with Gasteiger partial charge in [0.15, 0.2) is 0 Å². The largest absolute Gasteiger partial charge is 0.325 e. The second-order valence-electron chi connectivity index (χ2n) is 4.29. The minimum absolute atomic E-state index is 0.441. The molecule has 0 unspecified atom stereocenters. The first kappa shape index (κ1) is 13.1. The highest BCUT2D eigenvalue weighted by molar-refractivity contribution is 7.99. The van der Waals surface area contributed by atoms with E-state index in [2.05, 4.69) is 48.1 Å². The fourth-order valence-corrected chi connectivity index (χ4v) is 2.48. The van der Waals surface area contributed by atoms with Crippen LogP contribution in [0.1, 0.15) is 19.5 Å². The lowest BCUT2D eigenvalue weighted by Gasteiger charge is -2.06. The summed E-state index contributed by atoms with van der Waals surface area (Å²) < 4.78 is 0. The third-order valence-electron chi connectivity index (χ3n) is 2.45. The van der Waals surface area contributed by atoms with Crippen LogP contribution in [0.5, 0.6) is 0 Å². The van der Waals surface area contributed by atoms with Crippen molar-refractivity contribution in [2.75, 3.05) is 0 Å². The maximum Gasteiger partial charge on any atom is 0.116 e. The first-order valence-corrected chi connectivity index (χ1v) is 6.85. The number of rotatable bonds is 4. The van der Waals surface area contributed by atoms with Crippen LogP contribution in [-0.2, 0) is 6.54 Å². The van der Waals surface area contributed by atoms with Crippen LogP contribution in [0.25, 0.3) is 11.3 Å². The third kappa shape index (κ3) is 3.31. The maximum absolute atomic E-state index is 5.58. The normalized spacial score (nSPS) is 10.9. The molecule has 3 nitrogen and oxygen atoms in total. The lowest BCUT2D eigenvalue weighted by atomic mass is 10.1. The molecule has 1 aromatic carbocycles. The lowest BCUT2D eigenvalue weighted by Crippen LogP contribution is -2.00. The molecule has 0 aliphatic rings. The molecule has 0 fully saturated rings. The summed E-state index contributed by atoms with van der Waals surface area (Å²) in [5.41, 5.74) is 8.46. The van der Waals surface area contributed by atoms with Crippen LogP contribution in [0.3, 0.4) is 0 Å². The van der Waals surface area contributed by atoms with Crippen molar-refractivity contribution in [3.05, 3.63) is 42.4 Å². The van der Waals surface area contributed by atoms with E-state index in [0.717, 1.165) is 17.0 Å². The molecule has 0 spiro atoms. The standard InChI is InChI=1S/C14H17N3S/c1-10(2)18-13-5-3-11(4-6-13)14-7-12(8-15)16-9-17-14/h3-7,9-10H,8,15H2,1-2H3. The first-order chi connectivity index (χ1) is 8.69. The van der Waals surface area contributed by atoms with Gasteiger partial charge in [-0.1, -0.05) is 26.0 Å². The Morgan fingerprint density at radius 3 is 2.50 bits per heavy atom. The van der Waals surface area contributed by atoms with Crippen LogP contribution in [-0.4, -0.2) is 15.2 Å². The fourth-order valence-electron chi connectivity index (χ4n) is 1.64. The van der Waals surface area contributed by atoms with E-state index in [1.165, 1.54) is 4.90 Å². The molecule has 2 aromatic rings. The molecule has 1 heterocycles. The van der Waals surface area contributed by atoms with E-state index in [4.69, 9.17) is 5.73 Å². The molecule has 94 valence electrons. The smallest absolute Gasteiger partial charge is 0.116 e. The van der Waals surface area contributed by atoms with E-state index in [-0.39, 0.29) is 0 Å². The zero-order valence-corrected chi connectivity index (χ0v) is 11.4. The number of benzene rings is 1. The highest BCUT2D eigenvalue weighted by Gasteiger charge is 2.03. The minimum Gasteiger partial charge on any atom is -0.325 e. The second kappa shape index (κ2) is 5.98. The van der Waals surface area contributed by atoms with Gasteiger partial charge in [-0.3, -0.25) is 0 Å². The average Bonchev–Trinajstić information content (AvgIpc) is 2.39. The Morgan fingerprint density at radius 2 is 1.89 bits per heavy atom. The Bertz CT molecular complexity index is 509. The summed E-state index contributed by atoms with van der Waals surface area (Å²) in [6.07, 6.45) is 1.56. The molecule has 0 saturated carbocycles. The van der Waals surface area contributed by atoms with Gasteiger partial charge in [0.05, 0.1) is 11.4 Å². The van der Waals surface area contributed by atoms with E-state index in [0.29, 0.717) is 11.8 Å². The van der Waals surface area contributed by atoms with Gasteiger partial charge in [-0.15, -0.1) is 11.8 Å². The average molecular weight is 259 g/mol. The van der Waals surface area contributed by atoms with Crippen molar-refractivity contribution >= 4 is 11.8 Å². The number of aromatic nitrogens is 2. The van der Waals surface area contributed by atoms with Crippen LogP contribution >= 0.6 is 11.8 Å². The Morgan fingerprint density at radius 1 is 1.17 bits per heavy atom. The summed E-state index contributed by atoms with van der Waals surface area (Å²) in [7, 11) is 0. The van der Waals surface area contributed by atoms with Gasteiger partial charge in [0.25, 0.3) is 0 Å². The van der Waals surface area contributed by atoms with Crippen molar-refractivity contribution in [3.8, 4) is 11.3 Å². The highest BCUT2D eigenvalue weighted by Crippen LogP contribution is 2.25. The Balaban J connectivity index is 2.22. The SMILES string of the molecule is CC(C)Sc1ccc(-c2cc(CN)ncn2)cc1. The molecular weight excluding hydrogens is 242 g/mol. The van der Waals surface area contributed by atoms with Gasteiger partial charge in [0.2, 0.25) is 0 Å². The molecule has 0 aliphatic heterocycles. The summed E-state index contributed by atoms with van der Waals surface area (Å²) in [6.45, 7) is 4.82. The van der Waals surface area contributed by atoms with Crippen molar-refractivity contribution in [1.82, 2.24) is 9.97 Å². The molecule has 0 aliphatic carbocycles. The number of thioether (sulfide) groups is 1. The summed E-state index contributed by atoms with van der Waals surface area (Å²) in [5, 5.41) is 0.596. The Hall–Kier alpha value is -1.39. The van der Waals surface area contributed by atoms with Crippen molar-refractivity contribution in [2.24, 2.45) is 5.73 Å². The zero-order chi connectivity index (χ0) is 13.0. The molecule has 0 saturated heterocycles. The van der Waals surface area contributed by atoms with Crippen molar-refractivity contribution in [2.45, 2.75) is 30.5 Å². The van der Waals surface area contributed by atoms with Crippen molar-refractivity contribution in [1.29, 1.82) is 0 Å². The summed E-state index contributed by atoms with van der Waals surface area (Å²) in [5.74, 6) is 0. The lowest BCUT2D eigenvalue weighted by molar-refractivity contribution is 0.966. The second-order valence-corrected chi connectivity index (χ2v) is 5.94. The maximum atomic E-state index is 5.58. The monoisotopic (exact) mass is 259 g/mol.